The molecular weight excluding hydrogens is 204 g/mol. The standard InChI is InChI=1S/C13H11.H2OS/c1-11-7-5-6-10-13(11)12-8-3-2-4-9-12;1-2/h3-10H,1H3;1-2H. The summed E-state index contributed by atoms with van der Waals surface area (Å²) in [5.74, 6) is 0. The van der Waals surface area contributed by atoms with Crippen LogP contribution in [-0.2, 0) is 0 Å². The van der Waals surface area contributed by atoms with Gasteiger partial charge in [0.1, 0.15) is 0 Å². The molecule has 77 valence electrons. The molecule has 0 aliphatic carbocycles. The lowest BCUT2D eigenvalue weighted by Gasteiger charge is -2.04. The number of rotatable bonds is 1. The molecule has 0 amide bonds. The third kappa shape index (κ3) is 3.11. The molecule has 0 aliphatic rings. The summed E-state index contributed by atoms with van der Waals surface area (Å²) < 4.78 is 6.69. The molecule has 0 atom stereocenters. The number of thiol groups is 1. The van der Waals surface area contributed by atoms with E-state index in [0.717, 1.165) is 0 Å². The predicted octanol–water partition coefficient (Wildman–Crippen LogP) is 3.85. The van der Waals surface area contributed by atoms with Gasteiger partial charge in [0, 0.05) is 0 Å². The average Bonchev–Trinajstić information content (AvgIpc) is 2.33. The first-order valence-corrected chi connectivity index (χ1v) is 5.00. The van der Waals surface area contributed by atoms with Crippen molar-refractivity contribution < 1.29 is 4.55 Å². The van der Waals surface area contributed by atoms with E-state index in [1.165, 1.54) is 16.7 Å². The summed E-state index contributed by atoms with van der Waals surface area (Å²) in [5, 5.41) is 0. The number of benzene rings is 2. The van der Waals surface area contributed by atoms with Crippen LogP contribution in [0.15, 0.2) is 48.5 Å². The highest BCUT2D eigenvalue weighted by atomic mass is 32.1. The van der Waals surface area contributed by atoms with Crippen LogP contribution in [0.5, 0.6) is 0 Å². The van der Waals surface area contributed by atoms with E-state index in [1.54, 1.807) is 0 Å². The molecule has 0 spiro atoms. The molecule has 0 saturated carbocycles. The molecule has 1 radical (unpaired) electrons. The van der Waals surface area contributed by atoms with Gasteiger partial charge in [0.15, 0.2) is 0 Å². The largest absolute Gasteiger partial charge is 0.333 e. The summed E-state index contributed by atoms with van der Waals surface area (Å²) in [7, 11) is 0. The van der Waals surface area contributed by atoms with Gasteiger partial charge in [-0.3, -0.25) is 0 Å². The van der Waals surface area contributed by atoms with Crippen LogP contribution in [0.1, 0.15) is 5.56 Å². The van der Waals surface area contributed by atoms with E-state index in [9.17, 15) is 0 Å². The van der Waals surface area contributed by atoms with Crippen molar-refractivity contribution in [2.45, 2.75) is 6.92 Å². The molecule has 0 unspecified atom stereocenters. The van der Waals surface area contributed by atoms with Crippen molar-refractivity contribution >= 4 is 12.9 Å². The van der Waals surface area contributed by atoms with E-state index in [1.807, 2.05) is 12.1 Å². The Kier molecular flexibility index (Phi) is 4.95. The third-order valence-corrected chi connectivity index (χ3v) is 2.17. The molecule has 0 heterocycles. The van der Waals surface area contributed by atoms with Crippen LogP contribution >= 0.6 is 12.9 Å². The number of hydrogen-bond acceptors (Lipinski definition) is 2. The highest BCUT2D eigenvalue weighted by Gasteiger charge is 1.97. The average molecular weight is 217 g/mol. The van der Waals surface area contributed by atoms with Gasteiger partial charge in [-0.1, -0.05) is 48.5 Å². The van der Waals surface area contributed by atoms with Crippen molar-refractivity contribution in [1.29, 1.82) is 0 Å². The Morgan fingerprint density at radius 1 is 1.00 bits per heavy atom. The van der Waals surface area contributed by atoms with E-state index in [4.69, 9.17) is 4.55 Å². The Balaban J connectivity index is 0.000000531. The van der Waals surface area contributed by atoms with Crippen LogP contribution < -0.4 is 0 Å². The Morgan fingerprint density at radius 2 is 1.60 bits per heavy atom. The van der Waals surface area contributed by atoms with Crippen LogP contribution in [0.25, 0.3) is 11.1 Å². The number of aryl methyl sites for hydroxylation is 1. The van der Waals surface area contributed by atoms with Gasteiger partial charge >= 0.3 is 0 Å². The maximum absolute atomic E-state index is 6.69. The van der Waals surface area contributed by atoms with E-state index in [2.05, 4.69) is 62.3 Å². The topological polar surface area (TPSA) is 20.2 Å². The fourth-order valence-corrected chi connectivity index (χ4v) is 1.46. The molecule has 1 N–H and O–H groups in total. The fourth-order valence-electron chi connectivity index (χ4n) is 1.46. The van der Waals surface area contributed by atoms with Gasteiger partial charge in [0.05, 0.1) is 0 Å². The van der Waals surface area contributed by atoms with E-state index >= 15 is 0 Å². The molecule has 2 rings (SSSR count). The van der Waals surface area contributed by atoms with Gasteiger partial charge in [-0.15, -0.1) is 0 Å². The minimum absolute atomic E-state index is 1.26. The van der Waals surface area contributed by atoms with Crippen LogP contribution in [0.2, 0.25) is 0 Å². The molecular formula is C13H13OS. The Labute approximate surface area is 96.0 Å². The molecule has 2 aromatic rings. The smallest absolute Gasteiger partial charge is 0.0155 e. The van der Waals surface area contributed by atoms with Crippen molar-refractivity contribution in [3.8, 4) is 11.1 Å². The van der Waals surface area contributed by atoms with Crippen molar-refractivity contribution in [2.75, 3.05) is 0 Å². The molecule has 15 heavy (non-hydrogen) atoms. The normalized spacial score (nSPS) is 9.00. The predicted molar refractivity (Wildman–Crippen MR) is 67.1 cm³/mol. The Bertz CT molecular complexity index is 398. The van der Waals surface area contributed by atoms with Crippen LogP contribution in [0.4, 0.5) is 0 Å². The van der Waals surface area contributed by atoms with Crippen molar-refractivity contribution in [3.05, 3.63) is 60.2 Å². The summed E-state index contributed by atoms with van der Waals surface area (Å²) in [6.07, 6.45) is 0. The van der Waals surface area contributed by atoms with Crippen LogP contribution in [0.3, 0.4) is 0 Å². The first-order chi connectivity index (χ1) is 7.38. The molecule has 0 aromatic heterocycles. The van der Waals surface area contributed by atoms with Gasteiger partial charge in [-0.2, -0.15) is 0 Å². The molecule has 0 saturated heterocycles. The molecule has 0 fully saturated rings. The Hall–Kier alpha value is -1.25. The van der Waals surface area contributed by atoms with Crippen LogP contribution in [-0.4, -0.2) is 4.55 Å². The van der Waals surface area contributed by atoms with E-state index < -0.39 is 0 Å². The van der Waals surface area contributed by atoms with Gasteiger partial charge in [0.25, 0.3) is 0 Å². The lowest BCUT2D eigenvalue weighted by Crippen LogP contribution is -1.80. The second-order valence-corrected chi connectivity index (χ2v) is 3.10. The SMILES string of the molecule is Cc1ccccc1-c1cc[c]cc1.OS. The Morgan fingerprint density at radius 3 is 2.20 bits per heavy atom. The quantitative estimate of drug-likeness (QED) is 0.549. The second-order valence-electron chi connectivity index (χ2n) is 3.10. The first-order valence-electron chi connectivity index (χ1n) is 4.60. The van der Waals surface area contributed by atoms with Gasteiger partial charge < -0.3 is 4.55 Å². The van der Waals surface area contributed by atoms with Gasteiger partial charge in [0.2, 0.25) is 0 Å². The molecule has 0 aliphatic heterocycles. The third-order valence-electron chi connectivity index (χ3n) is 2.17. The lowest BCUT2D eigenvalue weighted by molar-refractivity contribution is 0.679. The molecule has 2 aromatic carbocycles. The van der Waals surface area contributed by atoms with Crippen LogP contribution in [0, 0.1) is 13.0 Å². The van der Waals surface area contributed by atoms with Crippen molar-refractivity contribution in [1.82, 2.24) is 0 Å². The zero-order chi connectivity index (χ0) is 11.1. The van der Waals surface area contributed by atoms with Crippen molar-refractivity contribution in [3.63, 3.8) is 0 Å². The summed E-state index contributed by atoms with van der Waals surface area (Å²) in [5.41, 5.74) is 3.88. The minimum atomic E-state index is 1.26. The molecule has 0 bridgehead atoms. The zero-order valence-electron chi connectivity index (χ0n) is 8.51. The first kappa shape index (κ1) is 11.8. The second kappa shape index (κ2) is 6.27. The minimum Gasteiger partial charge on any atom is -0.333 e. The highest BCUT2D eigenvalue weighted by Crippen LogP contribution is 2.21. The zero-order valence-corrected chi connectivity index (χ0v) is 9.41. The van der Waals surface area contributed by atoms with Crippen molar-refractivity contribution in [2.24, 2.45) is 0 Å². The number of hydrogen-bond donors (Lipinski definition) is 2. The van der Waals surface area contributed by atoms with Gasteiger partial charge in [-0.05, 0) is 42.6 Å². The summed E-state index contributed by atoms with van der Waals surface area (Å²) in [6, 6.07) is 19.5. The maximum atomic E-state index is 6.69. The molecule has 1 nitrogen and oxygen atoms in total. The summed E-state index contributed by atoms with van der Waals surface area (Å²) in [6.45, 7) is 2.13. The van der Waals surface area contributed by atoms with E-state index in [0.29, 0.717) is 0 Å². The monoisotopic (exact) mass is 217 g/mol. The highest BCUT2D eigenvalue weighted by molar-refractivity contribution is 7.74. The fraction of sp³-hybridized carbons (Fsp3) is 0.0769. The van der Waals surface area contributed by atoms with Gasteiger partial charge in [-0.25, -0.2) is 0 Å². The summed E-state index contributed by atoms with van der Waals surface area (Å²) in [4.78, 5) is 0. The molecule has 2 heteroatoms. The van der Waals surface area contributed by atoms with E-state index in [-0.39, 0.29) is 0 Å². The maximum Gasteiger partial charge on any atom is -0.0155 e. The summed E-state index contributed by atoms with van der Waals surface area (Å²) >= 11 is 2.53. The lowest BCUT2D eigenvalue weighted by atomic mass is 10.0.